The molecule has 0 radical (unpaired) electrons. The number of benzene rings is 2. The number of fused-ring (bicyclic) bond motifs is 1. The topological polar surface area (TPSA) is 58.6 Å². The van der Waals surface area contributed by atoms with E-state index in [-0.39, 0.29) is 11.8 Å². The number of anilines is 1. The van der Waals surface area contributed by atoms with Crippen LogP contribution in [0, 0.1) is 13.8 Å². The highest BCUT2D eigenvalue weighted by Gasteiger charge is 2.38. The van der Waals surface area contributed by atoms with Crippen molar-refractivity contribution in [2.24, 2.45) is 0 Å². The third kappa shape index (κ3) is 5.02. The van der Waals surface area contributed by atoms with Gasteiger partial charge in [-0.1, -0.05) is 56.0 Å². The average Bonchev–Trinajstić information content (AvgIpc) is 2.94. The molecule has 5 nitrogen and oxygen atoms in total. The number of unbranched alkanes of at least 4 members (excludes halogenated alkanes) is 3. The van der Waals surface area contributed by atoms with Crippen LogP contribution in [0.2, 0.25) is 0 Å². The molecule has 0 aromatic heterocycles. The van der Waals surface area contributed by atoms with Gasteiger partial charge < -0.3 is 15.0 Å². The van der Waals surface area contributed by atoms with E-state index in [1.54, 1.807) is 4.90 Å². The Morgan fingerprint density at radius 3 is 2.50 bits per heavy atom. The van der Waals surface area contributed by atoms with Gasteiger partial charge in [0.25, 0.3) is 5.91 Å². The van der Waals surface area contributed by atoms with Gasteiger partial charge in [0.2, 0.25) is 5.91 Å². The molecule has 1 aliphatic heterocycles. The monoisotopic (exact) mass is 408 g/mol. The maximum Gasteiger partial charge on any atom is 0.254 e. The van der Waals surface area contributed by atoms with Gasteiger partial charge in [-0.15, -0.1) is 0 Å². The Labute approximate surface area is 179 Å². The predicted molar refractivity (Wildman–Crippen MR) is 120 cm³/mol. The Hall–Kier alpha value is -2.82. The number of carbonyl (C=O) groups is 2. The molecule has 0 spiro atoms. The van der Waals surface area contributed by atoms with Gasteiger partial charge in [0.1, 0.15) is 11.8 Å². The summed E-state index contributed by atoms with van der Waals surface area (Å²) in [6.45, 7) is 8.85. The van der Waals surface area contributed by atoms with E-state index < -0.39 is 6.04 Å². The first kappa shape index (κ1) is 21.9. The van der Waals surface area contributed by atoms with E-state index in [4.69, 9.17) is 4.74 Å². The number of hydrogen-bond acceptors (Lipinski definition) is 3. The van der Waals surface area contributed by atoms with Crippen molar-refractivity contribution in [3.63, 3.8) is 0 Å². The first-order valence-electron chi connectivity index (χ1n) is 10.8. The Morgan fingerprint density at radius 2 is 1.83 bits per heavy atom. The van der Waals surface area contributed by atoms with Gasteiger partial charge in [0.15, 0.2) is 0 Å². The number of amides is 2. The normalized spacial score (nSPS) is 15.3. The Kier molecular flexibility index (Phi) is 7.14. The fourth-order valence-corrected chi connectivity index (χ4v) is 4.07. The molecular formula is C25H32N2O3. The van der Waals surface area contributed by atoms with Gasteiger partial charge >= 0.3 is 0 Å². The maximum atomic E-state index is 13.1. The fraction of sp³-hybridized carbons (Fsp3) is 0.440. The van der Waals surface area contributed by atoms with Crippen molar-refractivity contribution < 1.29 is 14.3 Å². The summed E-state index contributed by atoms with van der Waals surface area (Å²) in [5.41, 5.74) is 4.92. The minimum absolute atomic E-state index is 0.0925. The van der Waals surface area contributed by atoms with Crippen LogP contribution in [0.5, 0.6) is 5.75 Å². The first-order chi connectivity index (χ1) is 14.4. The maximum absolute atomic E-state index is 13.1. The van der Waals surface area contributed by atoms with Crippen LogP contribution in [-0.2, 0) is 16.1 Å². The lowest BCUT2D eigenvalue weighted by atomic mass is 10.0. The van der Waals surface area contributed by atoms with Gasteiger partial charge in [-0.25, -0.2) is 0 Å². The van der Waals surface area contributed by atoms with E-state index in [9.17, 15) is 9.59 Å². The number of nitrogens with zero attached hydrogens (tertiary/aromatic N) is 1. The molecule has 3 rings (SSSR count). The molecule has 0 aliphatic carbocycles. The van der Waals surface area contributed by atoms with Gasteiger partial charge in [0.05, 0.1) is 18.8 Å². The summed E-state index contributed by atoms with van der Waals surface area (Å²) in [5, 5.41) is 2.81. The van der Waals surface area contributed by atoms with Crippen LogP contribution in [0.3, 0.4) is 0 Å². The molecule has 0 fully saturated rings. The Bertz CT molecular complexity index is 905. The number of ether oxygens (including phenoxy) is 1. The van der Waals surface area contributed by atoms with Crippen LogP contribution in [0.4, 0.5) is 5.69 Å². The molecule has 2 amide bonds. The zero-order chi connectivity index (χ0) is 21.7. The van der Waals surface area contributed by atoms with Crippen LogP contribution in [0.15, 0.2) is 36.4 Å². The first-order valence-corrected chi connectivity index (χ1v) is 10.8. The van der Waals surface area contributed by atoms with Crippen LogP contribution in [0.25, 0.3) is 0 Å². The lowest BCUT2D eigenvalue weighted by Crippen LogP contribution is -2.36. The molecular weight excluding hydrogens is 376 g/mol. The SMILES string of the molecule is CCCCCCOc1ccc(CN2C(=O)[C@H](NC(C)=O)c3cc(C)cc(C)c32)cc1. The van der Waals surface area contributed by atoms with E-state index in [2.05, 4.69) is 18.3 Å². The standard InChI is InChI=1S/C25H32N2O3/c1-5-6-7-8-13-30-21-11-9-20(10-12-21)16-27-24-18(3)14-17(2)15-22(24)23(25(27)29)26-19(4)28/h9-12,14-15,23H,5-8,13,16H2,1-4H3,(H,26,28)/t23-/m1/s1. The number of aryl methyl sites for hydroxylation is 2. The molecule has 0 unspecified atom stereocenters. The minimum Gasteiger partial charge on any atom is -0.494 e. The average molecular weight is 409 g/mol. The molecule has 160 valence electrons. The number of rotatable bonds is 9. The lowest BCUT2D eigenvalue weighted by Gasteiger charge is -2.20. The summed E-state index contributed by atoms with van der Waals surface area (Å²) in [6.07, 6.45) is 4.72. The van der Waals surface area contributed by atoms with E-state index in [0.29, 0.717) is 6.54 Å². The molecule has 1 heterocycles. The molecule has 0 bridgehead atoms. The minimum atomic E-state index is -0.623. The van der Waals surface area contributed by atoms with Crippen molar-refractivity contribution in [2.75, 3.05) is 11.5 Å². The summed E-state index contributed by atoms with van der Waals surface area (Å²) >= 11 is 0. The Balaban J connectivity index is 1.73. The second-order valence-electron chi connectivity index (χ2n) is 8.13. The molecule has 5 heteroatoms. The highest BCUT2D eigenvalue weighted by atomic mass is 16.5. The predicted octanol–water partition coefficient (Wildman–Crippen LogP) is 4.99. The van der Waals surface area contributed by atoms with Crippen LogP contribution in [0.1, 0.15) is 67.8 Å². The highest BCUT2D eigenvalue weighted by Crippen LogP contribution is 2.40. The summed E-state index contributed by atoms with van der Waals surface area (Å²) in [7, 11) is 0. The smallest absolute Gasteiger partial charge is 0.254 e. The number of hydrogen-bond donors (Lipinski definition) is 1. The van der Waals surface area contributed by atoms with Gasteiger partial charge in [-0.2, -0.15) is 0 Å². The van der Waals surface area contributed by atoms with Crippen molar-refractivity contribution in [3.05, 3.63) is 58.7 Å². The number of carbonyl (C=O) groups excluding carboxylic acids is 2. The van der Waals surface area contributed by atoms with Gasteiger partial charge in [-0.05, 0) is 43.5 Å². The second-order valence-corrected chi connectivity index (χ2v) is 8.13. The summed E-state index contributed by atoms with van der Waals surface area (Å²) < 4.78 is 5.82. The molecule has 1 aliphatic rings. The van der Waals surface area contributed by atoms with Gasteiger partial charge in [-0.3, -0.25) is 9.59 Å². The van der Waals surface area contributed by atoms with Crippen molar-refractivity contribution in [2.45, 2.75) is 66.0 Å². The fourth-order valence-electron chi connectivity index (χ4n) is 4.07. The van der Waals surface area contributed by atoms with Crippen molar-refractivity contribution >= 4 is 17.5 Å². The second kappa shape index (κ2) is 9.79. The number of nitrogens with one attached hydrogen (secondary N) is 1. The molecule has 2 aromatic rings. The van der Waals surface area contributed by atoms with Crippen LogP contribution >= 0.6 is 0 Å². The largest absolute Gasteiger partial charge is 0.494 e. The van der Waals surface area contributed by atoms with E-state index in [1.807, 2.05) is 44.2 Å². The van der Waals surface area contributed by atoms with Crippen molar-refractivity contribution in [1.29, 1.82) is 0 Å². The molecule has 1 atom stereocenters. The zero-order valence-electron chi connectivity index (χ0n) is 18.5. The Morgan fingerprint density at radius 1 is 1.10 bits per heavy atom. The highest BCUT2D eigenvalue weighted by molar-refractivity contribution is 6.06. The van der Waals surface area contributed by atoms with E-state index in [1.165, 1.54) is 26.2 Å². The molecule has 30 heavy (non-hydrogen) atoms. The third-order valence-corrected chi connectivity index (χ3v) is 5.45. The van der Waals surface area contributed by atoms with Crippen molar-refractivity contribution in [3.8, 4) is 5.75 Å². The molecule has 2 aromatic carbocycles. The summed E-state index contributed by atoms with van der Waals surface area (Å²) in [4.78, 5) is 26.6. The van der Waals surface area contributed by atoms with E-state index in [0.717, 1.165) is 46.7 Å². The third-order valence-electron chi connectivity index (χ3n) is 5.45. The lowest BCUT2D eigenvalue weighted by molar-refractivity contribution is -0.126. The summed E-state index contributed by atoms with van der Waals surface area (Å²) in [6, 6.07) is 11.4. The molecule has 0 saturated heterocycles. The summed E-state index contributed by atoms with van der Waals surface area (Å²) in [5.74, 6) is 0.553. The van der Waals surface area contributed by atoms with Crippen LogP contribution in [-0.4, -0.2) is 18.4 Å². The molecule has 1 N–H and O–H groups in total. The quantitative estimate of drug-likeness (QED) is 0.595. The van der Waals surface area contributed by atoms with Crippen LogP contribution < -0.4 is 15.0 Å². The zero-order valence-corrected chi connectivity index (χ0v) is 18.5. The van der Waals surface area contributed by atoms with E-state index >= 15 is 0 Å². The van der Waals surface area contributed by atoms with Gasteiger partial charge in [0, 0.05) is 12.5 Å². The molecule has 0 saturated carbocycles. The van der Waals surface area contributed by atoms with Crippen molar-refractivity contribution in [1.82, 2.24) is 5.32 Å².